The predicted molar refractivity (Wildman–Crippen MR) is 83.6 cm³/mol. The molecule has 0 aliphatic carbocycles. The van der Waals surface area contributed by atoms with Crippen molar-refractivity contribution in [1.29, 1.82) is 0 Å². The van der Waals surface area contributed by atoms with Crippen LogP contribution in [0.25, 0.3) is 0 Å². The van der Waals surface area contributed by atoms with E-state index in [1.807, 2.05) is 36.4 Å². The van der Waals surface area contributed by atoms with Crippen LogP contribution in [-0.2, 0) is 6.54 Å². The Labute approximate surface area is 131 Å². The Morgan fingerprint density at radius 3 is 2.86 bits per heavy atom. The fourth-order valence-corrected chi connectivity index (χ4v) is 2.19. The summed E-state index contributed by atoms with van der Waals surface area (Å²) in [4.78, 5) is 15.6. The molecule has 0 saturated heterocycles. The number of urea groups is 1. The van der Waals surface area contributed by atoms with E-state index in [9.17, 15) is 9.90 Å². The third kappa shape index (κ3) is 5.17. The van der Waals surface area contributed by atoms with Gasteiger partial charge in [0.2, 0.25) is 0 Å². The average molecular weight is 350 g/mol. The first-order valence-electron chi connectivity index (χ1n) is 6.49. The predicted octanol–water partition coefficient (Wildman–Crippen LogP) is 2.38. The first-order valence-corrected chi connectivity index (χ1v) is 7.28. The molecule has 0 fully saturated rings. The average Bonchev–Trinajstić information content (AvgIpc) is 2.51. The summed E-state index contributed by atoms with van der Waals surface area (Å²) in [5, 5.41) is 15.3. The Bertz CT molecular complexity index is 592. The molecule has 1 aromatic heterocycles. The standard InChI is InChI=1S/C15H16BrN3O2/c16-13-5-1-4-12(7-13)14(20)10-19-15(21)18-9-11-3-2-6-17-8-11/h1-8,14,20H,9-10H2,(H2,18,19,21)/t14-/m0/s1. The van der Waals surface area contributed by atoms with Crippen molar-refractivity contribution in [2.24, 2.45) is 0 Å². The van der Waals surface area contributed by atoms with Gasteiger partial charge in [0.1, 0.15) is 0 Å². The van der Waals surface area contributed by atoms with Crippen LogP contribution in [0.4, 0.5) is 4.79 Å². The van der Waals surface area contributed by atoms with Gasteiger partial charge in [-0.3, -0.25) is 4.98 Å². The van der Waals surface area contributed by atoms with E-state index in [4.69, 9.17) is 0 Å². The van der Waals surface area contributed by atoms with Crippen molar-refractivity contribution in [3.8, 4) is 0 Å². The van der Waals surface area contributed by atoms with E-state index in [1.165, 1.54) is 0 Å². The maximum atomic E-state index is 11.7. The zero-order chi connectivity index (χ0) is 15.1. The van der Waals surface area contributed by atoms with Crippen molar-refractivity contribution in [3.05, 3.63) is 64.4 Å². The summed E-state index contributed by atoms with van der Waals surface area (Å²) >= 11 is 3.34. The number of rotatable bonds is 5. The number of hydrogen-bond acceptors (Lipinski definition) is 3. The Hall–Kier alpha value is -1.92. The third-order valence-corrected chi connectivity index (χ3v) is 3.36. The van der Waals surface area contributed by atoms with Crippen molar-refractivity contribution in [2.75, 3.05) is 6.54 Å². The van der Waals surface area contributed by atoms with Crippen LogP contribution in [0, 0.1) is 0 Å². The van der Waals surface area contributed by atoms with Gasteiger partial charge in [-0.05, 0) is 29.3 Å². The summed E-state index contributed by atoms with van der Waals surface area (Å²) < 4.78 is 0.889. The first-order chi connectivity index (χ1) is 10.1. The van der Waals surface area contributed by atoms with Gasteiger partial charge in [0.05, 0.1) is 6.10 Å². The minimum absolute atomic E-state index is 0.148. The SMILES string of the molecule is O=C(NCc1cccnc1)NC[C@H](O)c1cccc(Br)c1. The molecule has 0 unspecified atom stereocenters. The number of aliphatic hydroxyl groups is 1. The quantitative estimate of drug-likeness (QED) is 0.775. The second-order valence-corrected chi connectivity index (χ2v) is 5.41. The topological polar surface area (TPSA) is 74.2 Å². The molecule has 21 heavy (non-hydrogen) atoms. The fourth-order valence-electron chi connectivity index (χ4n) is 1.77. The third-order valence-electron chi connectivity index (χ3n) is 2.87. The molecule has 0 aliphatic heterocycles. The molecule has 2 aromatic rings. The van der Waals surface area contributed by atoms with Gasteiger partial charge < -0.3 is 15.7 Å². The van der Waals surface area contributed by atoms with E-state index in [0.717, 1.165) is 15.6 Å². The molecule has 0 aliphatic rings. The summed E-state index contributed by atoms with van der Waals surface area (Å²) in [6.45, 7) is 0.544. The Morgan fingerprint density at radius 2 is 2.14 bits per heavy atom. The lowest BCUT2D eigenvalue weighted by molar-refractivity contribution is 0.173. The van der Waals surface area contributed by atoms with Crippen LogP contribution < -0.4 is 10.6 Å². The summed E-state index contributed by atoms with van der Waals surface area (Å²) in [5.41, 5.74) is 1.66. The number of carbonyl (C=O) groups is 1. The first kappa shape index (κ1) is 15.5. The van der Waals surface area contributed by atoms with Gasteiger partial charge in [-0.1, -0.05) is 34.1 Å². The van der Waals surface area contributed by atoms with Crippen LogP contribution in [0.1, 0.15) is 17.2 Å². The minimum atomic E-state index is -0.744. The van der Waals surface area contributed by atoms with Crippen LogP contribution in [0.5, 0.6) is 0 Å². The number of pyridine rings is 1. The molecular formula is C15H16BrN3O2. The Balaban J connectivity index is 1.76. The molecule has 1 aromatic carbocycles. The molecule has 2 rings (SSSR count). The summed E-state index contributed by atoms with van der Waals surface area (Å²) in [7, 11) is 0. The number of halogens is 1. The van der Waals surface area contributed by atoms with E-state index in [1.54, 1.807) is 12.4 Å². The van der Waals surface area contributed by atoms with Gasteiger partial charge >= 0.3 is 6.03 Å². The van der Waals surface area contributed by atoms with Crippen LogP contribution in [0.3, 0.4) is 0 Å². The number of aromatic nitrogens is 1. The number of nitrogens with one attached hydrogen (secondary N) is 2. The van der Waals surface area contributed by atoms with Crippen LogP contribution in [-0.4, -0.2) is 22.7 Å². The van der Waals surface area contributed by atoms with E-state index in [-0.39, 0.29) is 12.6 Å². The van der Waals surface area contributed by atoms with Gasteiger partial charge in [0.15, 0.2) is 0 Å². The molecule has 110 valence electrons. The molecule has 5 nitrogen and oxygen atoms in total. The highest BCUT2D eigenvalue weighted by molar-refractivity contribution is 9.10. The van der Waals surface area contributed by atoms with Crippen LogP contribution in [0.2, 0.25) is 0 Å². The zero-order valence-electron chi connectivity index (χ0n) is 11.3. The Kier molecular flexibility index (Phi) is 5.71. The lowest BCUT2D eigenvalue weighted by atomic mass is 10.1. The highest BCUT2D eigenvalue weighted by atomic mass is 79.9. The minimum Gasteiger partial charge on any atom is -0.387 e. The summed E-state index contributed by atoms with van der Waals surface area (Å²) in [6, 6.07) is 10.7. The van der Waals surface area contributed by atoms with E-state index in [0.29, 0.717) is 6.54 Å². The second kappa shape index (κ2) is 7.75. The maximum Gasteiger partial charge on any atom is 0.315 e. The van der Waals surface area contributed by atoms with Crippen molar-refractivity contribution < 1.29 is 9.90 Å². The smallest absolute Gasteiger partial charge is 0.315 e. The van der Waals surface area contributed by atoms with Gasteiger partial charge in [-0.15, -0.1) is 0 Å². The molecule has 1 atom stereocenters. The number of benzene rings is 1. The molecule has 1 heterocycles. The number of nitrogens with zero attached hydrogens (tertiary/aromatic N) is 1. The highest BCUT2D eigenvalue weighted by Crippen LogP contribution is 2.17. The highest BCUT2D eigenvalue weighted by Gasteiger charge is 2.09. The molecule has 6 heteroatoms. The van der Waals surface area contributed by atoms with Crippen molar-refractivity contribution in [3.63, 3.8) is 0 Å². The number of aliphatic hydroxyl groups excluding tert-OH is 1. The van der Waals surface area contributed by atoms with Gasteiger partial charge in [0, 0.05) is 30.0 Å². The molecular weight excluding hydrogens is 334 g/mol. The Morgan fingerprint density at radius 1 is 1.29 bits per heavy atom. The normalized spacial score (nSPS) is 11.7. The summed E-state index contributed by atoms with van der Waals surface area (Å²) in [6.07, 6.45) is 2.63. The summed E-state index contributed by atoms with van der Waals surface area (Å²) in [5.74, 6) is 0. The number of amides is 2. The van der Waals surface area contributed by atoms with Crippen molar-refractivity contribution >= 4 is 22.0 Å². The van der Waals surface area contributed by atoms with E-state index in [2.05, 4.69) is 31.5 Å². The van der Waals surface area contributed by atoms with Crippen molar-refractivity contribution in [2.45, 2.75) is 12.6 Å². The van der Waals surface area contributed by atoms with Crippen LogP contribution >= 0.6 is 15.9 Å². The second-order valence-electron chi connectivity index (χ2n) is 4.50. The molecule has 0 saturated carbocycles. The largest absolute Gasteiger partial charge is 0.387 e. The lowest BCUT2D eigenvalue weighted by Crippen LogP contribution is -2.37. The lowest BCUT2D eigenvalue weighted by Gasteiger charge is -2.13. The zero-order valence-corrected chi connectivity index (χ0v) is 12.9. The van der Waals surface area contributed by atoms with Crippen molar-refractivity contribution in [1.82, 2.24) is 15.6 Å². The molecule has 0 radical (unpaired) electrons. The monoisotopic (exact) mass is 349 g/mol. The molecule has 3 N–H and O–H groups in total. The van der Waals surface area contributed by atoms with Crippen LogP contribution in [0.15, 0.2) is 53.3 Å². The van der Waals surface area contributed by atoms with E-state index >= 15 is 0 Å². The van der Waals surface area contributed by atoms with Gasteiger partial charge in [-0.2, -0.15) is 0 Å². The van der Waals surface area contributed by atoms with Gasteiger partial charge in [-0.25, -0.2) is 4.79 Å². The molecule has 0 bridgehead atoms. The molecule has 2 amide bonds. The van der Waals surface area contributed by atoms with Gasteiger partial charge in [0.25, 0.3) is 0 Å². The maximum absolute atomic E-state index is 11.7. The van der Waals surface area contributed by atoms with E-state index < -0.39 is 6.10 Å². The number of carbonyl (C=O) groups excluding carboxylic acids is 1. The molecule has 0 spiro atoms. The fraction of sp³-hybridized carbons (Fsp3) is 0.200. The number of hydrogen-bond donors (Lipinski definition) is 3.